The van der Waals surface area contributed by atoms with Crippen LogP contribution in [-0.2, 0) is 0 Å². The van der Waals surface area contributed by atoms with Crippen LogP contribution in [0.3, 0.4) is 0 Å². The van der Waals surface area contributed by atoms with Crippen molar-refractivity contribution >= 4 is 28.8 Å². The second-order valence-corrected chi connectivity index (χ2v) is 17.0. The van der Waals surface area contributed by atoms with Gasteiger partial charge < -0.3 is 0 Å². The van der Waals surface area contributed by atoms with Crippen LogP contribution in [0.2, 0.25) is 0 Å². The SMILES string of the molecule is CCC(CC(C)c1ccc([Si](c2ccccc2)(c2ccccc2)c2ccccc2-c2cccnc2)cc1)c1ccnc(-c2ccc(F)cc2F)c1. The predicted octanol–water partition coefficient (Wildman–Crippen LogP) is 9.15. The second kappa shape index (κ2) is 15.2. The molecule has 0 aliphatic heterocycles. The summed E-state index contributed by atoms with van der Waals surface area (Å²) >= 11 is 0. The molecule has 0 spiro atoms. The summed E-state index contributed by atoms with van der Waals surface area (Å²) in [5.74, 6) is -0.674. The summed E-state index contributed by atoms with van der Waals surface area (Å²) in [6.45, 7) is 4.48. The Hall–Kier alpha value is -5.52. The van der Waals surface area contributed by atoms with Gasteiger partial charge in [0.2, 0.25) is 0 Å². The molecule has 0 N–H and O–H groups in total. The van der Waals surface area contributed by atoms with Crippen molar-refractivity contribution in [1.29, 1.82) is 0 Å². The highest BCUT2D eigenvalue weighted by Crippen LogP contribution is 2.34. The zero-order valence-corrected chi connectivity index (χ0v) is 29.9. The molecule has 2 heterocycles. The minimum absolute atomic E-state index is 0.249. The molecule has 0 radical (unpaired) electrons. The van der Waals surface area contributed by atoms with Crippen molar-refractivity contribution in [1.82, 2.24) is 9.97 Å². The molecular formula is C46H40F2N2Si. The summed E-state index contributed by atoms with van der Waals surface area (Å²) in [4.78, 5) is 8.92. The number of pyridine rings is 2. The molecule has 0 aliphatic carbocycles. The van der Waals surface area contributed by atoms with Crippen molar-refractivity contribution in [2.24, 2.45) is 0 Å². The van der Waals surface area contributed by atoms with Crippen molar-refractivity contribution in [3.05, 3.63) is 193 Å². The van der Waals surface area contributed by atoms with Crippen LogP contribution in [0.1, 0.15) is 49.7 Å². The topological polar surface area (TPSA) is 25.8 Å². The summed E-state index contributed by atoms with van der Waals surface area (Å²) < 4.78 is 28.3. The fourth-order valence-corrected chi connectivity index (χ4v) is 12.6. The fraction of sp³-hybridized carbons (Fsp3) is 0.130. The Morgan fingerprint density at radius 1 is 0.608 bits per heavy atom. The van der Waals surface area contributed by atoms with Gasteiger partial charge in [-0.05, 0) is 98.0 Å². The van der Waals surface area contributed by atoms with E-state index < -0.39 is 19.7 Å². The van der Waals surface area contributed by atoms with Crippen LogP contribution in [0.15, 0.2) is 170 Å². The van der Waals surface area contributed by atoms with Gasteiger partial charge in [-0.25, -0.2) is 8.78 Å². The summed E-state index contributed by atoms with van der Waals surface area (Å²) in [6, 6.07) is 52.0. The Kier molecular flexibility index (Phi) is 10.1. The molecule has 51 heavy (non-hydrogen) atoms. The number of nitrogens with zero attached hydrogens (tertiary/aromatic N) is 2. The Bertz CT molecular complexity index is 2170. The van der Waals surface area contributed by atoms with Gasteiger partial charge in [0.05, 0.1) is 5.69 Å². The molecule has 2 unspecified atom stereocenters. The minimum atomic E-state index is -2.81. The van der Waals surface area contributed by atoms with E-state index >= 15 is 0 Å². The zero-order valence-electron chi connectivity index (χ0n) is 28.9. The smallest absolute Gasteiger partial charge is 0.180 e. The molecule has 0 amide bonds. The maximum absolute atomic E-state index is 14.7. The number of hydrogen-bond acceptors (Lipinski definition) is 2. The average Bonchev–Trinajstić information content (AvgIpc) is 3.19. The molecular weight excluding hydrogens is 647 g/mol. The Labute approximate surface area is 300 Å². The molecule has 5 aromatic carbocycles. The molecule has 252 valence electrons. The number of hydrogen-bond donors (Lipinski definition) is 0. The van der Waals surface area contributed by atoms with Crippen LogP contribution < -0.4 is 20.7 Å². The van der Waals surface area contributed by atoms with Crippen molar-refractivity contribution in [3.63, 3.8) is 0 Å². The van der Waals surface area contributed by atoms with Crippen LogP contribution in [0, 0.1) is 11.6 Å². The lowest BCUT2D eigenvalue weighted by Crippen LogP contribution is -2.75. The molecule has 5 heteroatoms. The predicted molar refractivity (Wildman–Crippen MR) is 209 cm³/mol. The molecule has 0 fully saturated rings. The van der Waals surface area contributed by atoms with E-state index in [-0.39, 0.29) is 11.8 Å². The summed E-state index contributed by atoms with van der Waals surface area (Å²) in [5.41, 5.74) is 5.53. The molecule has 0 bridgehead atoms. The van der Waals surface area contributed by atoms with Gasteiger partial charge in [0.15, 0.2) is 8.07 Å². The van der Waals surface area contributed by atoms with Crippen LogP contribution in [0.5, 0.6) is 0 Å². The molecule has 0 saturated heterocycles. The summed E-state index contributed by atoms with van der Waals surface area (Å²) in [5, 5.41) is 5.29. The second-order valence-electron chi connectivity index (χ2n) is 13.2. The van der Waals surface area contributed by atoms with Gasteiger partial charge in [0, 0.05) is 30.2 Å². The van der Waals surface area contributed by atoms with Gasteiger partial charge in [0.25, 0.3) is 0 Å². The third kappa shape index (κ3) is 6.82. The lowest BCUT2D eigenvalue weighted by atomic mass is 9.84. The largest absolute Gasteiger partial charge is 0.264 e. The molecule has 2 aromatic heterocycles. The Balaban J connectivity index is 1.28. The van der Waals surface area contributed by atoms with Crippen molar-refractivity contribution < 1.29 is 8.78 Å². The molecule has 2 nitrogen and oxygen atoms in total. The van der Waals surface area contributed by atoms with Crippen molar-refractivity contribution in [3.8, 4) is 22.4 Å². The standard InChI is InChI=1S/C46H40F2N2Si/c1-3-34(36-26-28-50-45(30-36)43-25-22-38(47)31-44(43)48)29-33(2)35-20-23-41(24-21-35)51(39-14-6-4-7-15-39,40-16-8-5-9-17-40)46-19-11-10-18-42(46)37-13-12-27-49-32-37/h4-28,30-34H,3,29H2,1-2H3. The zero-order chi connectivity index (χ0) is 35.2. The molecule has 2 atom stereocenters. The quantitative estimate of drug-likeness (QED) is 0.100. The van der Waals surface area contributed by atoms with Gasteiger partial charge in [-0.2, -0.15) is 0 Å². The molecule has 0 aliphatic rings. The highest BCUT2D eigenvalue weighted by molar-refractivity contribution is 7.20. The van der Waals surface area contributed by atoms with E-state index in [1.54, 1.807) is 6.20 Å². The minimum Gasteiger partial charge on any atom is -0.264 e. The summed E-state index contributed by atoms with van der Waals surface area (Å²) in [7, 11) is -2.81. The third-order valence-corrected chi connectivity index (χ3v) is 15.1. The molecule has 7 aromatic rings. The van der Waals surface area contributed by atoms with Crippen LogP contribution >= 0.6 is 0 Å². The lowest BCUT2D eigenvalue weighted by molar-refractivity contribution is 0.544. The number of halogens is 2. The fourth-order valence-electron chi connectivity index (χ4n) is 7.64. The van der Waals surface area contributed by atoms with Crippen molar-refractivity contribution in [2.45, 2.75) is 38.5 Å². The Morgan fingerprint density at radius 2 is 1.27 bits per heavy atom. The first-order valence-electron chi connectivity index (χ1n) is 17.6. The highest BCUT2D eigenvalue weighted by Gasteiger charge is 2.43. The van der Waals surface area contributed by atoms with E-state index in [0.29, 0.717) is 11.3 Å². The maximum atomic E-state index is 14.7. The highest BCUT2D eigenvalue weighted by atomic mass is 28.3. The number of aromatic nitrogens is 2. The summed E-state index contributed by atoms with van der Waals surface area (Å²) in [6.07, 6.45) is 7.38. The third-order valence-electron chi connectivity index (χ3n) is 10.2. The van der Waals surface area contributed by atoms with Crippen LogP contribution in [0.4, 0.5) is 8.78 Å². The van der Waals surface area contributed by atoms with Gasteiger partial charge >= 0.3 is 0 Å². The van der Waals surface area contributed by atoms with Gasteiger partial charge in [-0.1, -0.05) is 129 Å². The normalized spacial score (nSPS) is 12.7. The first-order valence-corrected chi connectivity index (χ1v) is 19.6. The van der Waals surface area contributed by atoms with E-state index in [2.05, 4.69) is 139 Å². The van der Waals surface area contributed by atoms with Gasteiger partial charge in [-0.3, -0.25) is 9.97 Å². The van der Waals surface area contributed by atoms with E-state index in [0.717, 1.165) is 30.0 Å². The van der Waals surface area contributed by atoms with E-state index in [1.165, 1.54) is 44.0 Å². The average molecular weight is 687 g/mol. The van der Waals surface area contributed by atoms with Crippen molar-refractivity contribution in [2.75, 3.05) is 0 Å². The first-order chi connectivity index (χ1) is 25.0. The molecule has 0 saturated carbocycles. The maximum Gasteiger partial charge on any atom is 0.180 e. The Morgan fingerprint density at radius 3 is 1.92 bits per heavy atom. The van der Waals surface area contributed by atoms with E-state index in [4.69, 9.17) is 0 Å². The number of benzene rings is 5. The lowest BCUT2D eigenvalue weighted by Gasteiger charge is -2.36. The monoisotopic (exact) mass is 686 g/mol. The molecule has 7 rings (SSSR count). The number of rotatable bonds is 11. The van der Waals surface area contributed by atoms with Gasteiger partial charge in [0.1, 0.15) is 11.6 Å². The van der Waals surface area contributed by atoms with Crippen LogP contribution in [0.25, 0.3) is 22.4 Å². The first kappa shape index (κ1) is 33.9. The van der Waals surface area contributed by atoms with Gasteiger partial charge in [-0.15, -0.1) is 0 Å². The van der Waals surface area contributed by atoms with E-state index in [1.807, 2.05) is 30.6 Å². The van der Waals surface area contributed by atoms with Crippen LogP contribution in [-0.4, -0.2) is 18.0 Å². The van der Waals surface area contributed by atoms with E-state index in [9.17, 15) is 8.78 Å².